The van der Waals surface area contributed by atoms with Crippen molar-refractivity contribution in [1.82, 2.24) is 15.2 Å². The number of amides is 2. The molecule has 150 valence electrons. The van der Waals surface area contributed by atoms with Crippen molar-refractivity contribution in [2.24, 2.45) is 5.92 Å². The van der Waals surface area contributed by atoms with E-state index in [2.05, 4.69) is 10.2 Å². The van der Waals surface area contributed by atoms with Gasteiger partial charge in [0.25, 0.3) is 0 Å². The van der Waals surface area contributed by atoms with Crippen LogP contribution in [0, 0.1) is 5.92 Å². The molecule has 0 spiro atoms. The lowest BCUT2D eigenvalue weighted by molar-refractivity contribution is -0.121. The molecule has 2 amide bonds. The van der Waals surface area contributed by atoms with E-state index in [0.29, 0.717) is 17.5 Å². The molecule has 2 heterocycles. The number of hydrogen-bond acceptors (Lipinski definition) is 4. The van der Waals surface area contributed by atoms with Crippen LogP contribution >= 0.6 is 11.6 Å². The zero-order valence-corrected chi connectivity index (χ0v) is 16.7. The van der Waals surface area contributed by atoms with Crippen LogP contribution in [0.25, 0.3) is 10.9 Å². The molecule has 3 rings (SSSR count). The summed E-state index contributed by atoms with van der Waals surface area (Å²) in [4.78, 5) is 30.9. The van der Waals surface area contributed by atoms with Crippen LogP contribution in [-0.4, -0.2) is 60.2 Å². The number of carbonyl (C=O) groups is 2. The summed E-state index contributed by atoms with van der Waals surface area (Å²) < 4.78 is 0. The smallest absolute Gasteiger partial charge is 0.407 e. The van der Waals surface area contributed by atoms with Gasteiger partial charge in [-0.05, 0) is 49.4 Å². The van der Waals surface area contributed by atoms with Gasteiger partial charge in [-0.25, -0.2) is 9.78 Å². The number of aromatic nitrogens is 1. The van der Waals surface area contributed by atoms with Crippen LogP contribution in [0.4, 0.5) is 10.6 Å². The average molecular weight is 405 g/mol. The van der Waals surface area contributed by atoms with Gasteiger partial charge in [0.1, 0.15) is 12.4 Å². The average Bonchev–Trinajstić information content (AvgIpc) is 2.71. The molecular formula is C20H25ClN4O3. The number of piperidine rings is 1. The molecule has 1 aliphatic heterocycles. The summed E-state index contributed by atoms with van der Waals surface area (Å²) >= 11 is 6.21. The number of hydrogen-bond donors (Lipinski definition) is 2. The van der Waals surface area contributed by atoms with Gasteiger partial charge in [0.2, 0.25) is 5.91 Å². The summed E-state index contributed by atoms with van der Waals surface area (Å²) in [5, 5.41) is 13.4. The fourth-order valence-corrected chi connectivity index (χ4v) is 3.80. The Labute approximate surface area is 169 Å². The van der Waals surface area contributed by atoms with Gasteiger partial charge in [-0.15, -0.1) is 0 Å². The number of benzene rings is 1. The number of anilines is 1. The molecule has 2 N–H and O–H groups in total. The Morgan fingerprint density at radius 3 is 2.71 bits per heavy atom. The first-order valence-electron chi connectivity index (χ1n) is 9.46. The van der Waals surface area contributed by atoms with E-state index in [1.165, 1.54) is 11.9 Å². The number of fused-ring (bicyclic) bond motifs is 1. The molecular weight excluding hydrogens is 380 g/mol. The van der Waals surface area contributed by atoms with Crippen molar-refractivity contribution in [3.8, 4) is 0 Å². The number of pyridine rings is 1. The van der Waals surface area contributed by atoms with Crippen molar-refractivity contribution < 1.29 is 14.7 Å². The zero-order valence-electron chi connectivity index (χ0n) is 15.9. The van der Waals surface area contributed by atoms with Gasteiger partial charge in [-0.2, -0.15) is 0 Å². The summed E-state index contributed by atoms with van der Waals surface area (Å²) in [7, 11) is 1.51. The van der Waals surface area contributed by atoms with Crippen molar-refractivity contribution in [2.75, 3.05) is 38.1 Å². The summed E-state index contributed by atoms with van der Waals surface area (Å²) in [5.41, 5.74) is 0.887. The highest BCUT2D eigenvalue weighted by molar-refractivity contribution is 6.35. The summed E-state index contributed by atoms with van der Waals surface area (Å²) in [6.07, 6.45) is 1.66. The number of carboxylic acid groups (broad SMARTS) is 1. The SMILES string of the molecule is CNC(=O)CN(CCC1CCN(c2ccc3c(Cl)cccc3n2)CC1)C(=O)O. The summed E-state index contributed by atoms with van der Waals surface area (Å²) in [6, 6.07) is 9.74. The molecule has 1 aromatic carbocycles. The predicted octanol–water partition coefficient (Wildman–Crippen LogP) is 3.22. The van der Waals surface area contributed by atoms with Crippen molar-refractivity contribution in [2.45, 2.75) is 19.3 Å². The highest BCUT2D eigenvalue weighted by Crippen LogP contribution is 2.28. The lowest BCUT2D eigenvalue weighted by Crippen LogP contribution is -2.41. The second kappa shape index (κ2) is 9.10. The minimum atomic E-state index is -1.06. The van der Waals surface area contributed by atoms with Crippen LogP contribution in [-0.2, 0) is 4.79 Å². The van der Waals surface area contributed by atoms with Crippen LogP contribution in [0.5, 0.6) is 0 Å². The first kappa shape index (κ1) is 20.2. The van der Waals surface area contributed by atoms with E-state index >= 15 is 0 Å². The van der Waals surface area contributed by atoms with Gasteiger partial charge < -0.3 is 15.3 Å². The Morgan fingerprint density at radius 2 is 2.04 bits per heavy atom. The Balaban J connectivity index is 1.54. The van der Waals surface area contributed by atoms with E-state index in [9.17, 15) is 14.7 Å². The molecule has 2 aromatic rings. The first-order chi connectivity index (χ1) is 13.5. The van der Waals surface area contributed by atoms with Crippen LogP contribution in [0.15, 0.2) is 30.3 Å². The van der Waals surface area contributed by atoms with Gasteiger partial charge in [0.05, 0.1) is 5.52 Å². The largest absolute Gasteiger partial charge is 0.465 e. The second-order valence-corrected chi connectivity index (χ2v) is 7.48. The third kappa shape index (κ3) is 4.84. The predicted molar refractivity (Wildman–Crippen MR) is 110 cm³/mol. The maximum absolute atomic E-state index is 11.5. The Hall–Kier alpha value is -2.54. The number of nitrogens with zero attached hydrogens (tertiary/aromatic N) is 3. The van der Waals surface area contributed by atoms with Gasteiger partial charge in [0.15, 0.2) is 0 Å². The van der Waals surface area contributed by atoms with Gasteiger partial charge >= 0.3 is 6.09 Å². The van der Waals surface area contributed by atoms with E-state index < -0.39 is 6.09 Å². The van der Waals surface area contributed by atoms with E-state index in [4.69, 9.17) is 16.6 Å². The van der Waals surface area contributed by atoms with Crippen LogP contribution < -0.4 is 10.2 Å². The quantitative estimate of drug-likeness (QED) is 0.772. The standard InChI is InChI=1S/C20H25ClN4O3/c1-22-19(26)13-25(20(27)28)12-9-14-7-10-24(11-8-14)18-6-5-15-16(21)3-2-4-17(15)23-18/h2-6,14H,7-13H2,1H3,(H,22,26)(H,27,28). The Bertz CT molecular complexity index is 852. The molecule has 0 unspecified atom stereocenters. The monoisotopic (exact) mass is 404 g/mol. The molecule has 0 atom stereocenters. The molecule has 1 saturated heterocycles. The van der Waals surface area contributed by atoms with Crippen LogP contribution in [0.1, 0.15) is 19.3 Å². The molecule has 0 aliphatic carbocycles. The Morgan fingerprint density at radius 1 is 1.29 bits per heavy atom. The zero-order chi connectivity index (χ0) is 20.1. The fourth-order valence-electron chi connectivity index (χ4n) is 3.57. The molecule has 28 heavy (non-hydrogen) atoms. The molecule has 1 aliphatic rings. The van der Waals surface area contributed by atoms with E-state index in [0.717, 1.165) is 49.1 Å². The van der Waals surface area contributed by atoms with Crippen molar-refractivity contribution in [3.63, 3.8) is 0 Å². The number of likely N-dealkylation sites (N-methyl/N-ethyl adjacent to an activating group) is 1. The third-order valence-electron chi connectivity index (χ3n) is 5.29. The second-order valence-electron chi connectivity index (χ2n) is 7.07. The van der Waals surface area contributed by atoms with Crippen molar-refractivity contribution >= 4 is 40.3 Å². The normalized spacial score (nSPS) is 14.9. The minimum Gasteiger partial charge on any atom is -0.465 e. The number of nitrogens with one attached hydrogen (secondary N) is 1. The molecule has 0 saturated carbocycles. The molecule has 0 radical (unpaired) electrons. The Kier molecular flexibility index (Phi) is 6.57. The van der Waals surface area contributed by atoms with Crippen LogP contribution in [0.3, 0.4) is 0 Å². The fraction of sp³-hybridized carbons (Fsp3) is 0.450. The van der Waals surface area contributed by atoms with Gasteiger partial charge in [-0.3, -0.25) is 9.69 Å². The highest BCUT2D eigenvalue weighted by atomic mass is 35.5. The van der Waals surface area contributed by atoms with E-state index in [-0.39, 0.29) is 12.5 Å². The summed E-state index contributed by atoms with van der Waals surface area (Å²) in [6.45, 7) is 2.02. The lowest BCUT2D eigenvalue weighted by atomic mass is 9.93. The van der Waals surface area contributed by atoms with Gasteiger partial charge in [0, 0.05) is 37.1 Å². The summed E-state index contributed by atoms with van der Waals surface area (Å²) in [5.74, 6) is 1.09. The number of carbonyl (C=O) groups excluding carboxylic acids is 1. The maximum Gasteiger partial charge on any atom is 0.407 e. The first-order valence-corrected chi connectivity index (χ1v) is 9.84. The minimum absolute atomic E-state index is 0.117. The number of rotatable bonds is 6. The van der Waals surface area contributed by atoms with Gasteiger partial charge in [-0.1, -0.05) is 17.7 Å². The molecule has 8 heteroatoms. The van der Waals surface area contributed by atoms with Crippen molar-refractivity contribution in [1.29, 1.82) is 0 Å². The maximum atomic E-state index is 11.5. The van der Waals surface area contributed by atoms with Crippen LogP contribution in [0.2, 0.25) is 5.02 Å². The lowest BCUT2D eigenvalue weighted by Gasteiger charge is -2.33. The topological polar surface area (TPSA) is 85.8 Å². The van der Waals surface area contributed by atoms with Crippen molar-refractivity contribution in [3.05, 3.63) is 35.4 Å². The van der Waals surface area contributed by atoms with E-state index in [1.54, 1.807) is 0 Å². The molecule has 7 nitrogen and oxygen atoms in total. The molecule has 1 fully saturated rings. The molecule has 1 aromatic heterocycles. The number of halogens is 1. The third-order valence-corrected chi connectivity index (χ3v) is 5.62. The highest BCUT2D eigenvalue weighted by Gasteiger charge is 2.23. The molecule has 0 bridgehead atoms. The van der Waals surface area contributed by atoms with E-state index in [1.807, 2.05) is 30.3 Å².